The summed E-state index contributed by atoms with van der Waals surface area (Å²) in [5, 5.41) is 7.21. The molecular weight excluding hydrogens is 210 g/mol. The van der Waals surface area contributed by atoms with Crippen LogP contribution in [0.2, 0.25) is 0 Å². The first kappa shape index (κ1) is 10.5. The Morgan fingerprint density at radius 1 is 1.81 bits per heavy atom. The molecule has 1 unspecified atom stereocenters. The van der Waals surface area contributed by atoms with Crippen molar-refractivity contribution in [2.75, 3.05) is 18.0 Å². The molecule has 7 heteroatoms. The van der Waals surface area contributed by atoms with Crippen molar-refractivity contribution in [2.24, 2.45) is 11.0 Å². The van der Waals surface area contributed by atoms with E-state index in [1.54, 1.807) is 13.0 Å². The maximum Gasteiger partial charge on any atom is 0.234 e. The summed E-state index contributed by atoms with van der Waals surface area (Å²) in [7, 11) is 0. The summed E-state index contributed by atoms with van der Waals surface area (Å²) in [5.74, 6) is 0.508. The van der Waals surface area contributed by atoms with E-state index in [0.717, 1.165) is 5.69 Å². The molecule has 0 saturated carbocycles. The highest BCUT2D eigenvalue weighted by molar-refractivity contribution is 5.94. The van der Waals surface area contributed by atoms with Crippen molar-refractivity contribution in [1.29, 1.82) is 0 Å². The monoisotopic (exact) mass is 221 g/mol. The zero-order valence-electron chi connectivity index (χ0n) is 8.83. The van der Waals surface area contributed by atoms with E-state index in [-0.39, 0.29) is 11.8 Å². The molecule has 0 bridgehead atoms. The third kappa shape index (κ3) is 1.99. The van der Waals surface area contributed by atoms with Crippen LogP contribution in [0.5, 0.6) is 0 Å². The van der Waals surface area contributed by atoms with E-state index in [9.17, 15) is 4.79 Å². The van der Waals surface area contributed by atoms with Crippen molar-refractivity contribution in [2.45, 2.75) is 13.3 Å². The Hall–Kier alpha value is -2.01. The summed E-state index contributed by atoms with van der Waals surface area (Å²) in [6, 6.07) is 1.72. The van der Waals surface area contributed by atoms with Gasteiger partial charge in [-0.2, -0.15) is 0 Å². The van der Waals surface area contributed by atoms with Crippen LogP contribution in [0.1, 0.15) is 12.1 Å². The van der Waals surface area contributed by atoms with Crippen LogP contribution in [0.3, 0.4) is 0 Å². The van der Waals surface area contributed by atoms with E-state index in [4.69, 9.17) is 10.1 Å². The van der Waals surface area contributed by atoms with E-state index < -0.39 is 0 Å². The Kier molecular flexibility index (Phi) is 2.78. The molecule has 1 aromatic rings. The number of aromatic nitrogens is 1. The summed E-state index contributed by atoms with van der Waals surface area (Å²) in [4.78, 5) is 15.9. The predicted octanol–water partition coefficient (Wildman–Crippen LogP) is 1.65. The first-order chi connectivity index (χ1) is 7.70. The molecule has 1 aromatic heterocycles. The van der Waals surface area contributed by atoms with Gasteiger partial charge in [0.2, 0.25) is 11.8 Å². The van der Waals surface area contributed by atoms with Crippen LogP contribution < -0.4 is 4.90 Å². The fourth-order valence-electron chi connectivity index (χ4n) is 1.75. The van der Waals surface area contributed by atoms with Crippen molar-refractivity contribution in [3.8, 4) is 0 Å². The second kappa shape index (κ2) is 4.24. The second-order valence-corrected chi connectivity index (χ2v) is 3.79. The topological polar surface area (TPSA) is 95.1 Å². The minimum Gasteiger partial charge on any atom is -0.338 e. The maximum absolute atomic E-state index is 11.7. The Balaban J connectivity index is 2.07. The van der Waals surface area contributed by atoms with Crippen LogP contribution >= 0.6 is 0 Å². The molecule has 7 nitrogen and oxygen atoms in total. The Morgan fingerprint density at radius 3 is 3.25 bits per heavy atom. The summed E-state index contributed by atoms with van der Waals surface area (Å²) < 4.78 is 5.02. The highest BCUT2D eigenvalue weighted by atomic mass is 16.5. The van der Waals surface area contributed by atoms with Gasteiger partial charge in [0.05, 0.1) is 5.69 Å². The first-order valence-electron chi connectivity index (χ1n) is 4.95. The summed E-state index contributed by atoms with van der Waals surface area (Å²) in [6.07, 6.45) is 0.388. The van der Waals surface area contributed by atoms with Crippen molar-refractivity contribution >= 4 is 11.8 Å². The molecular formula is C9H11N5O2. The predicted molar refractivity (Wildman–Crippen MR) is 55.7 cm³/mol. The minimum atomic E-state index is -0.0192. The molecule has 0 aromatic carbocycles. The van der Waals surface area contributed by atoms with Gasteiger partial charge < -0.3 is 4.52 Å². The Bertz CT molecular complexity index is 449. The van der Waals surface area contributed by atoms with Crippen molar-refractivity contribution in [3.05, 3.63) is 22.2 Å². The van der Waals surface area contributed by atoms with Gasteiger partial charge in [0, 0.05) is 30.5 Å². The summed E-state index contributed by atoms with van der Waals surface area (Å²) in [6.45, 7) is 2.66. The second-order valence-electron chi connectivity index (χ2n) is 3.79. The molecule has 1 saturated heterocycles. The lowest BCUT2D eigenvalue weighted by atomic mass is 10.1. The number of amides is 1. The summed E-state index contributed by atoms with van der Waals surface area (Å²) >= 11 is 0. The van der Waals surface area contributed by atoms with Crippen molar-refractivity contribution in [3.63, 3.8) is 0 Å². The highest BCUT2D eigenvalue weighted by Crippen LogP contribution is 2.25. The largest absolute Gasteiger partial charge is 0.338 e. The Labute approximate surface area is 91.6 Å². The van der Waals surface area contributed by atoms with Crippen LogP contribution in [-0.4, -0.2) is 24.2 Å². The van der Waals surface area contributed by atoms with Crippen LogP contribution in [0.25, 0.3) is 10.4 Å². The molecule has 1 atom stereocenters. The number of anilines is 1. The van der Waals surface area contributed by atoms with Gasteiger partial charge in [0.25, 0.3) is 0 Å². The molecule has 1 aliphatic rings. The summed E-state index contributed by atoms with van der Waals surface area (Å²) in [5.41, 5.74) is 8.95. The van der Waals surface area contributed by atoms with E-state index in [1.807, 2.05) is 0 Å². The van der Waals surface area contributed by atoms with Gasteiger partial charge in [0.15, 0.2) is 0 Å². The number of nitrogens with zero attached hydrogens (tertiary/aromatic N) is 5. The van der Waals surface area contributed by atoms with E-state index in [1.165, 1.54) is 4.90 Å². The van der Waals surface area contributed by atoms with Crippen LogP contribution in [0.4, 0.5) is 5.88 Å². The molecule has 16 heavy (non-hydrogen) atoms. The number of aryl methyl sites for hydroxylation is 1. The number of hydrogen-bond acceptors (Lipinski definition) is 4. The van der Waals surface area contributed by atoms with Gasteiger partial charge in [-0.3, -0.25) is 9.69 Å². The van der Waals surface area contributed by atoms with Crippen molar-refractivity contribution in [1.82, 2.24) is 5.16 Å². The van der Waals surface area contributed by atoms with Gasteiger partial charge in [-0.1, -0.05) is 10.3 Å². The van der Waals surface area contributed by atoms with Crippen LogP contribution in [-0.2, 0) is 4.79 Å². The molecule has 2 heterocycles. The molecule has 0 aliphatic carbocycles. The molecule has 0 spiro atoms. The van der Waals surface area contributed by atoms with Gasteiger partial charge in [-0.25, -0.2) is 0 Å². The van der Waals surface area contributed by atoms with Crippen LogP contribution in [0.15, 0.2) is 15.7 Å². The van der Waals surface area contributed by atoms with E-state index >= 15 is 0 Å². The van der Waals surface area contributed by atoms with E-state index in [0.29, 0.717) is 25.4 Å². The van der Waals surface area contributed by atoms with Gasteiger partial charge >= 0.3 is 0 Å². The standard InChI is InChI=1S/C9H11N5O2/c1-6-2-9(16-12-6)14-5-7(3-8(14)15)4-11-13-10/h2,7H,3-5H2,1H3. The molecule has 0 radical (unpaired) electrons. The molecule has 1 aliphatic heterocycles. The SMILES string of the molecule is Cc1cc(N2CC(CN=[N+]=[N-])CC2=O)on1. The molecule has 0 N–H and O–H groups in total. The zero-order chi connectivity index (χ0) is 11.5. The van der Waals surface area contributed by atoms with Gasteiger partial charge in [0.1, 0.15) is 0 Å². The fourth-order valence-corrected chi connectivity index (χ4v) is 1.75. The molecule has 1 amide bonds. The zero-order valence-corrected chi connectivity index (χ0v) is 8.83. The van der Waals surface area contributed by atoms with E-state index in [2.05, 4.69) is 15.2 Å². The van der Waals surface area contributed by atoms with Gasteiger partial charge in [-0.15, -0.1) is 0 Å². The lowest BCUT2D eigenvalue weighted by Gasteiger charge is -2.10. The molecule has 84 valence electrons. The Morgan fingerprint density at radius 2 is 2.62 bits per heavy atom. The first-order valence-corrected chi connectivity index (χ1v) is 4.95. The third-order valence-corrected chi connectivity index (χ3v) is 2.49. The molecule has 2 rings (SSSR count). The normalized spacial score (nSPS) is 19.9. The smallest absolute Gasteiger partial charge is 0.234 e. The average Bonchev–Trinajstić information content (AvgIpc) is 2.82. The highest BCUT2D eigenvalue weighted by Gasteiger charge is 2.32. The maximum atomic E-state index is 11.7. The van der Waals surface area contributed by atoms with Gasteiger partial charge in [-0.05, 0) is 18.4 Å². The van der Waals surface area contributed by atoms with Crippen LogP contribution in [0, 0.1) is 12.8 Å². The quantitative estimate of drug-likeness (QED) is 0.441. The average molecular weight is 221 g/mol. The number of azide groups is 1. The number of hydrogen-bond donors (Lipinski definition) is 0. The third-order valence-electron chi connectivity index (χ3n) is 2.49. The number of rotatable bonds is 3. The number of carbonyl (C=O) groups excluding carboxylic acids is 1. The molecule has 1 fully saturated rings. The van der Waals surface area contributed by atoms with Crippen molar-refractivity contribution < 1.29 is 9.32 Å². The number of carbonyl (C=O) groups is 1. The lowest BCUT2D eigenvalue weighted by Crippen LogP contribution is -2.24. The lowest BCUT2D eigenvalue weighted by molar-refractivity contribution is -0.117. The fraction of sp³-hybridized carbons (Fsp3) is 0.556. The minimum absolute atomic E-state index is 0.0192.